The fourth-order valence-electron chi connectivity index (χ4n) is 3.22. The van der Waals surface area contributed by atoms with Crippen molar-refractivity contribution in [3.63, 3.8) is 0 Å². The van der Waals surface area contributed by atoms with Gasteiger partial charge in [-0.15, -0.1) is 0 Å². The normalized spacial score (nSPS) is 14.6. The maximum Gasteiger partial charge on any atom is 0.321 e. The average Bonchev–Trinajstić information content (AvgIpc) is 2.73. The molecule has 27 heavy (non-hydrogen) atoms. The summed E-state index contributed by atoms with van der Waals surface area (Å²) in [5, 5.41) is 2.93. The number of carbonyl (C=O) groups is 1. The number of nitrogens with one attached hydrogen (secondary N) is 1. The van der Waals surface area contributed by atoms with Gasteiger partial charge in [0, 0.05) is 56.3 Å². The van der Waals surface area contributed by atoms with Crippen molar-refractivity contribution in [1.82, 2.24) is 14.9 Å². The second-order valence-electron chi connectivity index (χ2n) is 6.43. The van der Waals surface area contributed by atoms with E-state index in [-0.39, 0.29) is 6.03 Å². The van der Waals surface area contributed by atoms with Crippen LogP contribution in [-0.2, 0) is 0 Å². The van der Waals surface area contributed by atoms with Crippen molar-refractivity contribution in [2.45, 2.75) is 18.9 Å². The zero-order valence-corrected chi connectivity index (χ0v) is 15.9. The standard InChI is InChI=1S/C19H25N5O3/c1-23(18-4-7-20-13-21-18)15-5-8-24(9-6-15)19(25)22-14-10-16(26-2)12-17(11-14)27-3/h4,7,10-13,15H,5-6,8-9H2,1-3H3,(H,22,25). The summed E-state index contributed by atoms with van der Waals surface area (Å²) in [6, 6.07) is 7.44. The summed E-state index contributed by atoms with van der Waals surface area (Å²) in [4.78, 5) is 24.8. The first kappa shape index (κ1) is 18.8. The highest BCUT2D eigenvalue weighted by Crippen LogP contribution is 2.26. The first-order valence-electron chi connectivity index (χ1n) is 8.88. The van der Waals surface area contributed by atoms with E-state index in [2.05, 4.69) is 20.2 Å². The van der Waals surface area contributed by atoms with Crippen LogP contribution in [0.25, 0.3) is 0 Å². The molecule has 1 aliphatic heterocycles. The number of carbonyl (C=O) groups excluding carboxylic acids is 1. The molecule has 2 heterocycles. The zero-order chi connectivity index (χ0) is 19.2. The number of hydrogen-bond donors (Lipinski definition) is 1. The molecule has 0 spiro atoms. The lowest BCUT2D eigenvalue weighted by molar-refractivity contribution is 0.194. The van der Waals surface area contributed by atoms with Crippen LogP contribution in [0, 0.1) is 0 Å². The Balaban J connectivity index is 1.57. The predicted octanol–water partition coefficient (Wildman–Crippen LogP) is 2.63. The third-order valence-electron chi connectivity index (χ3n) is 4.83. The zero-order valence-electron chi connectivity index (χ0n) is 15.9. The maximum absolute atomic E-state index is 12.6. The van der Waals surface area contributed by atoms with Gasteiger partial charge in [-0.25, -0.2) is 14.8 Å². The molecular weight excluding hydrogens is 346 g/mol. The Labute approximate surface area is 159 Å². The van der Waals surface area contributed by atoms with Crippen molar-refractivity contribution >= 4 is 17.5 Å². The number of aromatic nitrogens is 2. The number of piperidine rings is 1. The van der Waals surface area contributed by atoms with Crippen molar-refractivity contribution in [2.75, 3.05) is 44.6 Å². The number of anilines is 2. The van der Waals surface area contributed by atoms with Gasteiger partial charge < -0.3 is 24.6 Å². The quantitative estimate of drug-likeness (QED) is 0.870. The minimum Gasteiger partial charge on any atom is -0.497 e. The van der Waals surface area contributed by atoms with Gasteiger partial charge in [0.15, 0.2) is 0 Å². The molecule has 0 bridgehead atoms. The summed E-state index contributed by atoms with van der Waals surface area (Å²) < 4.78 is 10.5. The highest BCUT2D eigenvalue weighted by molar-refractivity contribution is 5.90. The minimum absolute atomic E-state index is 0.117. The Kier molecular flexibility index (Phi) is 5.95. The molecular formula is C19H25N5O3. The molecule has 1 aliphatic rings. The third kappa shape index (κ3) is 4.58. The van der Waals surface area contributed by atoms with Gasteiger partial charge in [-0.2, -0.15) is 0 Å². The van der Waals surface area contributed by atoms with Gasteiger partial charge in [-0.05, 0) is 18.9 Å². The topological polar surface area (TPSA) is 79.8 Å². The van der Waals surface area contributed by atoms with Crippen LogP contribution in [0.5, 0.6) is 11.5 Å². The number of methoxy groups -OCH3 is 2. The second-order valence-corrected chi connectivity index (χ2v) is 6.43. The number of amides is 2. The van der Waals surface area contributed by atoms with Gasteiger partial charge in [0.2, 0.25) is 0 Å². The lowest BCUT2D eigenvalue weighted by atomic mass is 10.0. The molecule has 1 fully saturated rings. The van der Waals surface area contributed by atoms with Crippen molar-refractivity contribution < 1.29 is 14.3 Å². The van der Waals surface area contributed by atoms with Crippen LogP contribution in [0.4, 0.5) is 16.3 Å². The molecule has 0 saturated carbocycles. The van der Waals surface area contributed by atoms with Gasteiger partial charge in [-0.3, -0.25) is 0 Å². The molecule has 2 amide bonds. The molecule has 1 aromatic carbocycles. The summed E-state index contributed by atoms with van der Waals surface area (Å²) >= 11 is 0. The van der Waals surface area contributed by atoms with Crippen molar-refractivity contribution in [1.29, 1.82) is 0 Å². The molecule has 144 valence electrons. The van der Waals surface area contributed by atoms with Gasteiger partial charge in [0.25, 0.3) is 0 Å². The molecule has 3 rings (SSSR count). The van der Waals surface area contributed by atoms with E-state index < -0.39 is 0 Å². The molecule has 1 N–H and O–H groups in total. The first-order valence-corrected chi connectivity index (χ1v) is 8.88. The van der Waals surface area contributed by atoms with E-state index in [1.165, 1.54) is 0 Å². The number of benzene rings is 1. The molecule has 1 aromatic heterocycles. The third-order valence-corrected chi connectivity index (χ3v) is 4.83. The van der Waals surface area contributed by atoms with Crippen molar-refractivity contribution in [2.24, 2.45) is 0 Å². The minimum atomic E-state index is -0.117. The molecule has 8 heteroatoms. The number of urea groups is 1. The van der Waals surface area contributed by atoms with E-state index in [0.717, 1.165) is 18.7 Å². The van der Waals surface area contributed by atoms with E-state index in [1.807, 2.05) is 18.0 Å². The fourth-order valence-corrected chi connectivity index (χ4v) is 3.22. The number of hydrogen-bond acceptors (Lipinski definition) is 6. The van der Waals surface area contributed by atoms with Crippen LogP contribution in [0.3, 0.4) is 0 Å². The van der Waals surface area contributed by atoms with Gasteiger partial charge in [0.1, 0.15) is 23.6 Å². The highest BCUT2D eigenvalue weighted by atomic mass is 16.5. The van der Waals surface area contributed by atoms with E-state index in [9.17, 15) is 4.79 Å². The molecule has 0 aliphatic carbocycles. The van der Waals surface area contributed by atoms with Crippen LogP contribution in [-0.4, -0.2) is 61.3 Å². The van der Waals surface area contributed by atoms with E-state index in [4.69, 9.17) is 9.47 Å². The van der Waals surface area contributed by atoms with E-state index in [1.54, 1.807) is 44.9 Å². The Morgan fingerprint density at radius 3 is 2.41 bits per heavy atom. The highest BCUT2D eigenvalue weighted by Gasteiger charge is 2.26. The number of rotatable bonds is 5. The molecule has 2 aromatic rings. The number of nitrogens with zero attached hydrogens (tertiary/aromatic N) is 4. The number of ether oxygens (including phenoxy) is 2. The molecule has 0 radical (unpaired) electrons. The summed E-state index contributed by atoms with van der Waals surface area (Å²) in [7, 11) is 5.20. The average molecular weight is 371 g/mol. The Morgan fingerprint density at radius 1 is 1.19 bits per heavy atom. The molecule has 0 unspecified atom stereocenters. The molecule has 1 saturated heterocycles. The largest absolute Gasteiger partial charge is 0.497 e. The van der Waals surface area contributed by atoms with Gasteiger partial charge in [-0.1, -0.05) is 0 Å². The lowest BCUT2D eigenvalue weighted by Gasteiger charge is -2.37. The summed E-state index contributed by atoms with van der Waals surface area (Å²) in [5.41, 5.74) is 0.649. The Hall–Kier alpha value is -3.03. The van der Waals surface area contributed by atoms with Crippen molar-refractivity contribution in [3.8, 4) is 11.5 Å². The van der Waals surface area contributed by atoms with Crippen LogP contribution in [0.2, 0.25) is 0 Å². The smallest absolute Gasteiger partial charge is 0.321 e. The SMILES string of the molecule is COc1cc(NC(=O)N2CCC(N(C)c3ccncn3)CC2)cc(OC)c1. The Morgan fingerprint density at radius 2 is 1.85 bits per heavy atom. The second kappa shape index (κ2) is 8.57. The maximum atomic E-state index is 12.6. The summed E-state index contributed by atoms with van der Waals surface area (Å²) in [6.45, 7) is 1.38. The van der Waals surface area contributed by atoms with Crippen LogP contribution >= 0.6 is 0 Å². The Bertz CT molecular complexity index is 741. The molecule has 0 atom stereocenters. The van der Waals surface area contributed by atoms with Crippen molar-refractivity contribution in [3.05, 3.63) is 36.8 Å². The van der Waals surface area contributed by atoms with E-state index >= 15 is 0 Å². The fraction of sp³-hybridized carbons (Fsp3) is 0.421. The van der Waals surface area contributed by atoms with Crippen LogP contribution < -0.4 is 19.7 Å². The van der Waals surface area contributed by atoms with Gasteiger partial charge >= 0.3 is 6.03 Å². The lowest BCUT2D eigenvalue weighted by Crippen LogP contribution is -2.47. The van der Waals surface area contributed by atoms with Crippen LogP contribution in [0.1, 0.15) is 12.8 Å². The van der Waals surface area contributed by atoms with Gasteiger partial charge in [0.05, 0.1) is 14.2 Å². The molecule has 8 nitrogen and oxygen atoms in total. The summed E-state index contributed by atoms with van der Waals surface area (Å²) in [5.74, 6) is 2.17. The predicted molar refractivity (Wildman–Crippen MR) is 104 cm³/mol. The first-order chi connectivity index (χ1) is 13.1. The van der Waals surface area contributed by atoms with E-state index in [0.29, 0.717) is 36.3 Å². The number of likely N-dealkylation sites (tertiary alicyclic amines) is 1. The van der Waals surface area contributed by atoms with Crippen LogP contribution in [0.15, 0.2) is 36.8 Å². The monoisotopic (exact) mass is 371 g/mol. The summed E-state index contributed by atoms with van der Waals surface area (Å²) in [6.07, 6.45) is 5.06.